The summed E-state index contributed by atoms with van der Waals surface area (Å²) in [6.45, 7) is 7.59. The second-order valence-electron chi connectivity index (χ2n) is 7.42. The van der Waals surface area contributed by atoms with Crippen LogP contribution in [0.15, 0.2) is 12.3 Å². The van der Waals surface area contributed by atoms with Crippen LogP contribution in [0.4, 0.5) is 0 Å². The standard InChI is InChI=1S/C17H29N3O/c1-13(2)11-18-12-17(10-15-6-8-20(3)19-15)7-9-21-16(17)14-4-5-14/h6,8,13-14,16,18H,4-5,7,9-12H2,1-3H3. The van der Waals surface area contributed by atoms with Crippen LogP contribution >= 0.6 is 0 Å². The van der Waals surface area contributed by atoms with E-state index in [0.717, 1.165) is 38.5 Å². The molecule has 118 valence electrons. The summed E-state index contributed by atoms with van der Waals surface area (Å²) in [5, 5.41) is 8.30. The van der Waals surface area contributed by atoms with Crippen LogP contribution in [0, 0.1) is 17.3 Å². The molecule has 0 aromatic carbocycles. The van der Waals surface area contributed by atoms with Gasteiger partial charge in [-0.2, -0.15) is 5.10 Å². The molecule has 1 saturated heterocycles. The van der Waals surface area contributed by atoms with Crippen molar-refractivity contribution in [2.45, 2.75) is 45.6 Å². The second-order valence-corrected chi connectivity index (χ2v) is 7.42. The molecule has 1 N–H and O–H groups in total. The van der Waals surface area contributed by atoms with Gasteiger partial charge in [-0.3, -0.25) is 4.68 Å². The van der Waals surface area contributed by atoms with Gasteiger partial charge in [0.25, 0.3) is 0 Å². The van der Waals surface area contributed by atoms with Crippen molar-refractivity contribution in [3.8, 4) is 0 Å². The number of hydrogen-bond donors (Lipinski definition) is 1. The Morgan fingerprint density at radius 1 is 1.48 bits per heavy atom. The van der Waals surface area contributed by atoms with Crippen LogP contribution < -0.4 is 5.32 Å². The zero-order valence-corrected chi connectivity index (χ0v) is 13.6. The van der Waals surface area contributed by atoms with E-state index in [9.17, 15) is 0 Å². The summed E-state index contributed by atoms with van der Waals surface area (Å²) in [4.78, 5) is 0. The van der Waals surface area contributed by atoms with E-state index < -0.39 is 0 Å². The van der Waals surface area contributed by atoms with Crippen LogP contribution in [0.1, 0.15) is 38.8 Å². The third-order valence-electron chi connectivity index (χ3n) is 4.88. The van der Waals surface area contributed by atoms with E-state index in [4.69, 9.17) is 4.74 Å². The van der Waals surface area contributed by atoms with E-state index in [0.29, 0.717) is 12.0 Å². The minimum atomic E-state index is 0.240. The number of hydrogen-bond acceptors (Lipinski definition) is 3. The lowest BCUT2D eigenvalue weighted by Gasteiger charge is -2.34. The topological polar surface area (TPSA) is 39.1 Å². The van der Waals surface area contributed by atoms with Crippen molar-refractivity contribution in [1.82, 2.24) is 15.1 Å². The first-order valence-corrected chi connectivity index (χ1v) is 8.40. The van der Waals surface area contributed by atoms with Crippen molar-refractivity contribution in [1.29, 1.82) is 0 Å². The van der Waals surface area contributed by atoms with E-state index in [2.05, 4.69) is 30.3 Å². The fourth-order valence-electron chi connectivity index (χ4n) is 3.71. The highest BCUT2D eigenvalue weighted by Gasteiger charge is 2.50. The van der Waals surface area contributed by atoms with E-state index in [1.807, 2.05) is 17.9 Å². The van der Waals surface area contributed by atoms with Gasteiger partial charge in [-0.05, 0) is 43.7 Å². The lowest BCUT2D eigenvalue weighted by Crippen LogP contribution is -2.44. The van der Waals surface area contributed by atoms with Gasteiger partial charge in [0, 0.05) is 38.2 Å². The predicted octanol–water partition coefficient (Wildman–Crippen LogP) is 2.39. The average Bonchev–Trinajstić information content (AvgIpc) is 3.06. The molecule has 4 nitrogen and oxygen atoms in total. The van der Waals surface area contributed by atoms with Crippen molar-refractivity contribution in [2.24, 2.45) is 24.3 Å². The zero-order valence-electron chi connectivity index (χ0n) is 13.6. The van der Waals surface area contributed by atoms with Crippen molar-refractivity contribution in [3.05, 3.63) is 18.0 Å². The summed E-state index contributed by atoms with van der Waals surface area (Å²) >= 11 is 0. The molecule has 2 atom stereocenters. The summed E-state index contributed by atoms with van der Waals surface area (Å²) in [6, 6.07) is 2.16. The largest absolute Gasteiger partial charge is 0.377 e. The molecule has 2 unspecified atom stereocenters. The Kier molecular flexibility index (Phi) is 4.36. The molecule has 21 heavy (non-hydrogen) atoms. The maximum Gasteiger partial charge on any atom is 0.0676 e. The van der Waals surface area contributed by atoms with Gasteiger partial charge < -0.3 is 10.1 Å². The smallest absolute Gasteiger partial charge is 0.0676 e. The van der Waals surface area contributed by atoms with Gasteiger partial charge in [0.2, 0.25) is 0 Å². The Labute approximate surface area is 128 Å². The molecule has 1 aromatic rings. The quantitative estimate of drug-likeness (QED) is 0.838. The van der Waals surface area contributed by atoms with Gasteiger partial charge in [-0.25, -0.2) is 0 Å². The Bertz CT molecular complexity index is 466. The van der Waals surface area contributed by atoms with Gasteiger partial charge >= 0.3 is 0 Å². The van der Waals surface area contributed by atoms with Gasteiger partial charge in [-0.1, -0.05) is 13.8 Å². The fourth-order valence-corrected chi connectivity index (χ4v) is 3.71. The van der Waals surface area contributed by atoms with Crippen LogP contribution in [0.2, 0.25) is 0 Å². The van der Waals surface area contributed by atoms with Crippen LogP contribution in [0.3, 0.4) is 0 Å². The molecule has 1 aliphatic heterocycles. The Hall–Kier alpha value is -0.870. The highest BCUT2D eigenvalue weighted by Crippen LogP contribution is 2.49. The molecule has 1 aromatic heterocycles. The van der Waals surface area contributed by atoms with Crippen molar-refractivity contribution in [3.63, 3.8) is 0 Å². The van der Waals surface area contributed by atoms with Gasteiger partial charge in [0.15, 0.2) is 0 Å². The van der Waals surface area contributed by atoms with E-state index in [1.165, 1.54) is 18.5 Å². The third-order valence-corrected chi connectivity index (χ3v) is 4.88. The zero-order chi connectivity index (χ0) is 14.9. The first kappa shape index (κ1) is 15.0. The molecule has 1 aliphatic carbocycles. The number of nitrogens with one attached hydrogen (secondary N) is 1. The number of aryl methyl sites for hydroxylation is 1. The van der Waals surface area contributed by atoms with Crippen LogP contribution in [-0.4, -0.2) is 35.6 Å². The van der Waals surface area contributed by atoms with Crippen molar-refractivity contribution in [2.75, 3.05) is 19.7 Å². The third kappa shape index (κ3) is 3.49. The maximum atomic E-state index is 6.15. The Morgan fingerprint density at radius 2 is 2.29 bits per heavy atom. The van der Waals surface area contributed by atoms with E-state index in [1.54, 1.807) is 0 Å². The highest BCUT2D eigenvalue weighted by atomic mass is 16.5. The normalized spacial score (nSPS) is 29.4. The lowest BCUT2D eigenvalue weighted by atomic mass is 9.75. The van der Waals surface area contributed by atoms with E-state index in [-0.39, 0.29) is 5.41 Å². The lowest BCUT2D eigenvalue weighted by molar-refractivity contribution is 0.0299. The summed E-state index contributed by atoms with van der Waals surface area (Å²) in [5.41, 5.74) is 1.45. The van der Waals surface area contributed by atoms with Crippen molar-refractivity contribution >= 4 is 0 Å². The van der Waals surface area contributed by atoms with Crippen molar-refractivity contribution < 1.29 is 4.74 Å². The average molecular weight is 291 g/mol. The first-order chi connectivity index (χ1) is 10.1. The number of ether oxygens (including phenoxy) is 1. The maximum absolute atomic E-state index is 6.15. The van der Waals surface area contributed by atoms with Crippen LogP contribution in [0.25, 0.3) is 0 Å². The summed E-state index contributed by atoms with van der Waals surface area (Å²) in [6.07, 6.45) is 7.37. The molecule has 0 amide bonds. The molecule has 4 heteroatoms. The molecule has 0 bridgehead atoms. The highest BCUT2D eigenvalue weighted by molar-refractivity contribution is 5.09. The Morgan fingerprint density at radius 3 is 2.90 bits per heavy atom. The van der Waals surface area contributed by atoms with Gasteiger partial charge in [0.1, 0.15) is 0 Å². The van der Waals surface area contributed by atoms with Crippen LogP contribution in [0.5, 0.6) is 0 Å². The molecule has 0 radical (unpaired) electrons. The first-order valence-electron chi connectivity index (χ1n) is 8.40. The summed E-state index contributed by atoms with van der Waals surface area (Å²) < 4.78 is 8.06. The minimum Gasteiger partial charge on any atom is -0.377 e. The molecule has 1 saturated carbocycles. The van der Waals surface area contributed by atoms with Gasteiger partial charge in [0.05, 0.1) is 11.8 Å². The predicted molar refractivity (Wildman–Crippen MR) is 84.1 cm³/mol. The summed E-state index contributed by atoms with van der Waals surface area (Å²) in [5.74, 6) is 1.48. The van der Waals surface area contributed by atoms with Gasteiger partial charge in [-0.15, -0.1) is 0 Å². The Balaban J connectivity index is 1.73. The summed E-state index contributed by atoms with van der Waals surface area (Å²) in [7, 11) is 2.00. The SMILES string of the molecule is CC(C)CNCC1(Cc2ccn(C)n2)CCOC1C1CC1. The minimum absolute atomic E-state index is 0.240. The number of nitrogens with zero attached hydrogens (tertiary/aromatic N) is 2. The van der Waals surface area contributed by atoms with Crippen LogP contribution in [-0.2, 0) is 18.2 Å². The molecule has 3 rings (SSSR count). The molecular weight excluding hydrogens is 262 g/mol. The number of rotatable bonds is 7. The fraction of sp³-hybridized carbons (Fsp3) is 0.824. The molecule has 2 aliphatic rings. The second kappa shape index (κ2) is 6.09. The number of aromatic nitrogens is 2. The molecular formula is C17H29N3O. The molecule has 0 spiro atoms. The van der Waals surface area contributed by atoms with E-state index >= 15 is 0 Å². The molecule has 2 fully saturated rings. The monoisotopic (exact) mass is 291 g/mol. The molecule has 2 heterocycles.